The first-order valence-corrected chi connectivity index (χ1v) is 4.41. The number of benzene rings is 2. The van der Waals surface area contributed by atoms with E-state index in [1.807, 2.05) is 24.3 Å². The Balaban J connectivity index is 2.80. The molecule has 59 valence electrons. The van der Waals surface area contributed by atoms with Crippen LogP contribution < -0.4 is 0 Å². The molecule has 0 aliphatic carbocycles. The average Bonchev–Trinajstić information content (AvgIpc) is 2.03. The van der Waals surface area contributed by atoms with Crippen LogP contribution in [-0.2, 0) is 5.11 Å². The van der Waals surface area contributed by atoms with Gasteiger partial charge in [0.15, 0.2) is 5.75 Å². The summed E-state index contributed by atoms with van der Waals surface area (Å²) in [5.41, 5.74) is 0. The number of hydrogen-bond acceptors (Lipinski definition) is 0. The largest absolute Gasteiger partial charge is 0.290 e. The number of hydrogen-bond donors (Lipinski definition) is 0. The van der Waals surface area contributed by atoms with Gasteiger partial charge < -0.3 is 0 Å². The first-order valence-electron chi connectivity index (χ1n) is 3.62. The van der Waals surface area contributed by atoms with Crippen molar-refractivity contribution in [3.8, 4) is 5.75 Å². The second kappa shape index (κ2) is 2.79. The van der Waals surface area contributed by atoms with Crippen LogP contribution in [0.5, 0.6) is 5.75 Å². The fourth-order valence-electron chi connectivity index (χ4n) is 1.20. The van der Waals surface area contributed by atoms with Gasteiger partial charge in [-0.25, -0.2) is 0 Å². The van der Waals surface area contributed by atoms with Gasteiger partial charge in [-0.1, -0.05) is 28.1 Å². The highest BCUT2D eigenvalue weighted by atomic mass is 79.9. The lowest BCUT2D eigenvalue weighted by Crippen LogP contribution is -1.71. The molecule has 0 saturated heterocycles. The quantitative estimate of drug-likeness (QED) is 0.646. The van der Waals surface area contributed by atoms with E-state index in [4.69, 9.17) is 0 Å². The number of rotatable bonds is 0. The van der Waals surface area contributed by atoms with E-state index in [1.54, 1.807) is 12.1 Å². The van der Waals surface area contributed by atoms with Crippen LogP contribution in [0.4, 0.5) is 0 Å². The smallest absolute Gasteiger partial charge is 0.179 e. The standard InChI is InChI=1S/C10H6BrO/c11-9-3-1-7-2-4-10(12)6-8(7)5-9/h1-6H. The third-order valence-corrected chi connectivity index (χ3v) is 2.27. The van der Waals surface area contributed by atoms with E-state index in [0.717, 1.165) is 15.2 Å². The zero-order valence-corrected chi connectivity index (χ0v) is 7.84. The van der Waals surface area contributed by atoms with Crippen LogP contribution in [0.1, 0.15) is 0 Å². The second-order valence-electron chi connectivity index (χ2n) is 2.65. The summed E-state index contributed by atoms with van der Waals surface area (Å²) in [7, 11) is 0. The molecule has 12 heavy (non-hydrogen) atoms. The molecule has 0 aromatic heterocycles. The molecule has 0 atom stereocenters. The molecule has 0 N–H and O–H groups in total. The average molecular weight is 222 g/mol. The van der Waals surface area contributed by atoms with Gasteiger partial charge in [0, 0.05) is 4.47 Å². The Labute approximate surface area is 78.8 Å². The van der Waals surface area contributed by atoms with Gasteiger partial charge in [0.25, 0.3) is 0 Å². The minimum Gasteiger partial charge on any atom is -0.290 e. The fourth-order valence-corrected chi connectivity index (χ4v) is 1.57. The SMILES string of the molecule is [O]c1ccc2ccc(Br)cc2c1. The van der Waals surface area contributed by atoms with Crippen molar-refractivity contribution in [2.24, 2.45) is 0 Å². The Bertz CT molecular complexity index is 386. The van der Waals surface area contributed by atoms with Gasteiger partial charge in [0.1, 0.15) is 0 Å². The summed E-state index contributed by atoms with van der Waals surface area (Å²) in [6.07, 6.45) is 0. The first-order chi connectivity index (χ1) is 5.75. The minimum absolute atomic E-state index is 0.0561. The molecule has 0 aliphatic rings. The molecule has 0 saturated carbocycles. The molecule has 2 rings (SSSR count). The third-order valence-electron chi connectivity index (χ3n) is 1.77. The Morgan fingerprint density at radius 1 is 0.917 bits per heavy atom. The molecule has 0 unspecified atom stereocenters. The Morgan fingerprint density at radius 3 is 2.50 bits per heavy atom. The maximum Gasteiger partial charge on any atom is 0.179 e. The van der Waals surface area contributed by atoms with Crippen LogP contribution in [0.3, 0.4) is 0 Å². The summed E-state index contributed by atoms with van der Waals surface area (Å²) in [5, 5.41) is 13.1. The third kappa shape index (κ3) is 1.30. The predicted molar refractivity (Wildman–Crippen MR) is 51.8 cm³/mol. The highest BCUT2D eigenvalue weighted by Gasteiger charge is 1.96. The summed E-state index contributed by atoms with van der Waals surface area (Å²) in [6, 6.07) is 10.9. The van der Waals surface area contributed by atoms with Crippen molar-refractivity contribution in [2.45, 2.75) is 0 Å². The predicted octanol–water partition coefficient (Wildman–Crippen LogP) is 3.75. The zero-order chi connectivity index (χ0) is 8.55. The topological polar surface area (TPSA) is 19.9 Å². The maximum absolute atomic E-state index is 11.0. The van der Waals surface area contributed by atoms with Crippen molar-refractivity contribution >= 4 is 26.7 Å². The lowest BCUT2D eigenvalue weighted by Gasteiger charge is -1.97. The summed E-state index contributed by atoms with van der Waals surface area (Å²) in [6.45, 7) is 0. The molecule has 2 heteroatoms. The molecule has 0 aliphatic heterocycles. The van der Waals surface area contributed by atoms with Crippen molar-refractivity contribution in [1.82, 2.24) is 0 Å². The van der Waals surface area contributed by atoms with Gasteiger partial charge in [-0.05, 0) is 35.0 Å². The minimum atomic E-state index is 0.0561. The van der Waals surface area contributed by atoms with E-state index < -0.39 is 0 Å². The van der Waals surface area contributed by atoms with E-state index in [9.17, 15) is 5.11 Å². The normalized spacial score (nSPS) is 10.4. The van der Waals surface area contributed by atoms with Gasteiger partial charge in [-0.2, -0.15) is 0 Å². The van der Waals surface area contributed by atoms with Crippen molar-refractivity contribution in [3.05, 3.63) is 40.9 Å². The summed E-state index contributed by atoms with van der Waals surface area (Å²) >= 11 is 3.35. The number of halogens is 1. The lowest BCUT2D eigenvalue weighted by atomic mass is 10.1. The van der Waals surface area contributed by atoms with Gasteiger partial charge >= 0.3 is 0 Å². The molecule has 2 aromatic rings. The van der Waals surface area contributed by atoms with E-state index in [-0.39, 0.29) is 5.75 Å². The highest BCUT2D eigenvalue weighted by molar-refractivity contribution is 9.10. The Kier molecular flexibility index (Phi) is 1.77. The van der Waals surface area contributed by atoms with Crippen molar-refractivity contribution in [2.75, 3.05) is 0 Å². The summed E-state index contributed by atoms with van der Waals surface area (Å²) in [5.74, 6) is 0.0561. The second-order valence-corrected chi connectivity index (χ2v) is 3.57. The highest BCUT2D eigenvalue weighted by Crippen LogP contribution is 2.23. The van der Waals surface area contributed by atoms with Crippen LogP contribution in [-0.4, -0.2) is 0 Å². The van der Waals surface area contributed by atoms with Crippen molar-refractivity contribution in [1.29, 1.82) is 0 Å². The van der Waals surface area contributed by atoms with Gasteiger partial charge in [0.2, 0.25) is 0 Å². The number of fused-ring (bicyclic) bond motifs is 1. The molecular weight excluding hydrogens is 216 g/mol. The lowest BCUT2D eigenvalue weighted by molar-refractivity contribution is 0.355. The molecular formula is C10H6BrO. The first kappa shape index (κ1) is 7.62. The van der Waals surface area contributed by atoms with E-state index in [0.29, 0.717) is 0 Å². The van der Waals surface area contributed by atoms with Crippen LogP contribution >= 0.6 is 15.9 Å². The monoisotopic (exact) mass is 221 g/mol. The molecule has 1 nitrogen and oxygen atoms in total. The van der Waals surface area contributed by atoms with Crippen molar-refractivity contribution < 1.29 is 5.11 Å². The summed E-state index contributed by atoms with van der Waals surface area (Å²) in [4.78, 5) is 0. The van der Waals surface area contributed by atoms with Gasteiger partial charge in [-0.15, -0.1) is 0 Å². The molecule has 0 fully saturated rings. The molecule has 0 amide bonds. The van der Waals surface area contributed by atoms with Crippen molar-refractivity contribution in [3.63, 3.8) is 0 Å². The van der Waals surface area contributed by atoms with E-state index >= 15 is 0 Å². The van der Waals surface area contributed by atoms with Gasteiger partial charge in [0.05, 0.1) is 0 Å². The zero-order valence-electron chi connectivity index (χ0n) is 6.25. The molecule has 2 aromatic carbocycles. The fraction of sp³-hybridized carbons (Fsp3) is 0. The van der Waals surface area contributed by atoms with E-state index in [1.165, 1.54) is 0 Å². The van der Waals surface area contributed by atoms with Crippen LogP contribution in [0, 0.1) is 0 Å². The maximum atomic E-state index is 11.0. The Hall–Kier alpha value is -1.02. The summed E-state index contributed by atoms with van der Waals surface area (Å²) < 4.78 is 1.00. The van der Waals surface area contributed by atoms with Crippen LogP contribution in [0.15, 0.2) is 40.9 Å². The molecule has 1 radical (unpaired) electrons. The van der Waals surface area contributed by atoms with E-state index in [2.05, 4.69) is 15.9 Å². The molecule has 0 spiro atoms. The molecule has 0 heterocycles. The van der Waals surface area contributed by atoms with Gasteiger partial charge in [-0.3, -0.25) is 5.11 Å². The van der Waals surface area contributed by atoms with Crippen LogP contribution in [0.25, 0.3) is 10.8 Å². The Morgan fingerprint density at radius 2 is 1.67 bits per heavy atom. The molecule has 0 bridgehead atoms. The van der Waals surface area contributed by atoms with Crippen LogP contribution in [0.2, 0.25) is 0 Å².